The number of halogens is 1. The fraction of sp³-hybridized carbons (Fsp3) is 0.500. The summed E-state index contributed by atoms with van der Waals surface area (Å²) in [6, 6.07) is 3.00. The maximum absolute atomic E-state index is 13.5. The largest absolute Gasteiger partial charge is 0.488 e. The second-order valence-corrected chi connectivity index (χ2v) is 5.77. The molecule has 1 aromatic rings. The molecule has 0 unspecified atom stereocenters. The van der Waals surface area contributed by atoms with E-state index in [1.165, 1.54) is 6.07 Å². The average Bonchev–Trinajstić information content (AvgIpc) is 2.11. The van der Waals surface area contributed by atoms with Gasteiger partial charge in [0, 0.05) is 21.9 Å². The molecule has 0 fully saturated rings. The smallest absolute Gasteiger partial charge is 0.167 e. The van der Waals surface area contributed by atoms with Crippen molar-refractivity contribution in [2.75, 3.05) is 5.73 Å². The Labute approximate surface area is 100 Å². The van der Waals surface area contributed by atoms with Gasteiger partial charge in [0.15, 0.2) is 11.6 Å². The average molecular weight is 243 g/mol. The Bertz CT molecular complexity index is 335. The van der Waals surface area contributed by atoms with Gasteiger partial charge in [0.1, 0.15) is 0 Å². The summed E-state index contributed by atoms with van der Waals surface area (Å²) in [5.74, 6) is -0.133. The van der Waals surface area contributed by atoms with Crippen LogP contribution in [0.15, 0.2) is 17.0 Å². The number of rotatable bonds is 4. The Balaban J connectivity index is 3.01. The Kier molecular flexibility index (Phi) is 4.47. The van der Waals surface area contributed by atoms with Crippen molar-refractivity contribution in [3.8, 4) is 5.75 Å². The van der Waals surface area contributed by atoms with Crippen LogP contribution in [0.2, 0.25) is 0 Å². The van der Waals surface area contributed by atoms with E-state index in [4.69, 9.17) is 10.5 Å². The van der Waals surface area contributed by atoms with Crippen LogP contribution in [-0.4, -0.2) is 11.4 Å². The maximum Gasteiger partial charge on any atom is 0.167 e. The summed E-state index contributed by atoms with van der Waals surface area (Å²) in [5.41, 5.74) is 6.22. The lowest BCUT2D eigenvalue weighted by Gasteiger charge is -2.14. The van der Waals surface area contributed by atoms with Crippen LogP contribution in [0.25, 0.3) is 0 Å². The van der Waals surface area contributed by atoms with Gasteiger partial charge in [-0.1, -0.05) is 13.8 Å². The van der Waals surface area contributed by atoms with Gasteiger partial charge >= 0.3 is 0 Å². The predicted octanol–water partition coefficient (Wildman–Crippen LogP) is 3.70. The molecule has 1 rings (SSSR count). The first kappa shape index (κ1) is 13.2. The van der Waals surface area contributed by atoms with Crippen molar-refractivity contribution >= 4 is 17.4 Å². The fourth-order valence-electron chi connectivity index (χ4n) is 1.25. The van der Waals surface area contributed by atoms with Crippen molar-refractivity contribution in [1.82, 2.24) is 0 Å². The fourth-order valence-corrected chi connectivity index (χ4v) is 2.13. The van der Waals surface area contributed by atoms with E-state index in [9.17, 15) is 4.39 Å². The van der Waals surface area contributed by atoms with E-state index in [0.717, 1.165) is 4.90 Å². The molecule has 1 aromatic carbocycles. The molecule has 0 heterocycles. The lowest BCUT2D eigenvalue weighted by molar-refractivity contribution is 0.230. The number of ether oxygens (including phenoxy) is 1. The third-order valence-electron chi connectivity index (χ3n) is 1.79. The van der Waals surface area contributed by atoms with Gasteiger partial charge in [-0.2, -0.15) is 0 Å². The molecule has 2 nitrogen and oxygen atoms in total. The van der Waals surface area contributed by atoms with Gasteiger partial charge in [-0.3, -0.25) is 0 Å². The third-order valence-corrected chi connectivity index (χ3v) is 2.87. The van der Waals surface area contributed by atoms with E-state index < -0.39 is 5.82 Å². The SMILES string of the molecule is CC(C)Oc1cc(SC(C)C)c(N)cc1F. The Hall–Kier alpha value is -0.900. The van der Waals surface area contributed by atoms with Crippen LogP contribution in [0.5, 0.6) is 5.75 Å². The number of nitrogen functional groups attached to an aromatic ring is 1. The zero-order valence-electron chi connectivity index (χ0n) is 10.1. The summed E-state index contributed by atoms with van der Waals surface area (Å²) < 4.78 is 18.9. The molecule has 0 spiro atoms. The van der Waals surface area contributed by atoms with Gasteiger partial charge < -0.3 is 10.5 Å². The lowest BCUT2D eigenvalue weighted by atomic mass is 10.3. The quantitative estimate of drug-likeness (QED) is 0.647. The van der Waals surface area contributed by atoms with Crippen molar-refractivity contribution in [2.24, 2.45) is 0 Å². The molecule has 0 aliphatic carbocycles. The van der Waals surface area contributed by atoms with Gasteiger partial charge in [-0.05, 0) is 19.9 Å². The van der Waals surface area contributed by atoms with Crippen LogP contribution in [0, 0.1) is 5.82 Å². The molecule has 0 amide bonds. The molecule has 0 aliphatic heterocycles. The highest BCUT2D eigenvalue weighted by Gasteiger charge is 2.11. The van der Waals surface area contributed by atoms with Crippen LogP contribution in [0.1, 0.15) is 27.7 Å². The third kappa shape index (κ3) is 3.59. The molecule has 2 N–H and O–H groups in total. The number of nitrogens with two attached hydrogens (primary N) is 1. The molecule has 0 saturated heterocycles. The Morgan fingerprint density at radius 1 is 1.25 bits per heavy atom. The monoisotopic (exact) mass is 243 g/mol. The van der Waals surface area contributed by atoms with Gasteiger partial charge in [-0.15, -0.1) is 11.8 Å². The Morgan fingerprint density at radius 3 is 2.38 bits per heavy atom. The van der Waals surface area contributed by atoms with Crippen molar-refractivity contribution in [2.45, 2.75) is 43.9 Å². The van der Waals surface area contributed by atoms with Crippen LogP contribution >= 0.6 is 11.8 Å². The second kappa shape index (κ2) is 5.43. The number of thioether (sulfide) groups is 1. The van der Waals surface area contributed by atoms with Crippen molar-refractivity contribution < 1.29 is 9.13 Å². The van der Waals surface area contributed by atoms with Crippen LogP contribution in [0.3, 0.4) is 0 Å². The van der Waals surface area contributed by atoms with Gasteiger partial charge in [0.25, 0.3) is 0 Å². The van der Waals surface area contributed by atoms with E-state index in [1.807, 2.05) is 13.8 Å². The molecule has 0 bridgehead atoms. The molecule has 0 aliphatic rings. The zero-order chi connectivity index (χ0) is 12.3. The van der Waals surface area contributed by atoms with Crippen LogP contribution < -0.4 is 10.5 Å². The van der Waals surface area contributed by atoms with Gasteiger partial charge in [0.2, 0.25) is 0 Å². The molecule has 0 saturated carbocycles. The summed E-state index contributed by atoms with van der Waals surface area (Å²) in [7, 11) is 0. The minimum Gasteiger partial charge on any atom is -0.488 e. The highest BCUT2D eigenvalue weighted by Crippen LogP contribution is 2.34. The predicted molar refractivity (Wildman–Crippen MR) is 67.6 cm³/mol. The minimum absolute atomic E-state index is 0.0463. The number of hydrogen-bond acceptors (Lipinski definition) is 3. The van der Waals surface area contributed by atoms with Gasteiger partial charge in [-0.25, -0.2) is 4.39 Å². The summed E-state index contributed by atoms with van der Waals surface area (Å²) >= 11 is 1.60. The van der Waals surface area contributed by atoms with Crippen molar-refractivity contribution in [3.63, 3.8) is 0 Å². The molecular formula is C12H18FNOS. The number of anilines is 1. The molecule has 0 radical (unpaired) electrons. The van der Waals surface area contributed by atoms with Crippen molar-refractivity contribution in [1.29, 1.82) is 0 Å². The van der Waals surface area contributed by atoms with Crippen LogP contribution in [-0.2, 0) is 0 Å². The normalized spacial score (nSPS) is 11.2. The van der Waals surface area contributed by atoms with Crippen LogP contribution in [0.4, 0.5) is 10.1 Å². The highest BCUT2D eigenvalue weighted by molar-refractivity contribution is 8.00. The van der Waals surface area contributed by atoms with E-state index in [1.54, 1.807) is 17.8 Å². The van der Waals surface area contributed by atoms with E-state index in [-0.39, 0.29) is 11.9 Å². The standard InChI is InChI=1S/C12H18FNOS/c1-7(2)15-11-6-12(16-8(3)4)10(14)5-9(11)13/h5-8H,14H2,1-4H3. The van der Waals surface area contributed by atoms with E-state index in [0.29, 0.717) is 10.9 Å². The Morgan fingerprint density at radius 2 is 1.88 bits per heavy atom. The number of hydrogen-bond donors (Lipinski definition) is 1. The molecule has 90 valence electrons. The van der Waals surface area contributed by atoms with E-state index in [2.05, 4.69) is 13.8 Å². The first-order valence-corrected chi connectivity index (χ1v) is 6.20. The second-order valence-electron chi connectivity index (χ2n) is 4.15. The first-order valence-electron chi connectivity index (χ1n) is 5.32. The molecule has 4 heteroatoms. The minimum atomic E-state index is -0.403. The number of benzene rings is 1. The lowest BCUT2D eigenvalue weighted by Crippen LogP contribution is -2.07. The van der Waals surface area contributed by atoms with Crippen molar-refractivity contribution in [3.05, 3.63) is 17.9 Å². The van der Waals surface area contributed by atoms with E-state index >= 15 is 0 Å². The first-order chi connectivity index (χ1) is 7.40. The zero-order valence-corrected chi connectivity index (χ0v) is 10.9. The maximum atomic E-state index is 13.5. The summed E-state index contributed by atoms with van der Waals surface area (Å²) in [4.78, 5) is 0.868. The molecule has 0 atom stereocenters. The molecule has 0 aromatic heterocycles. The molecular weight excluding hydrogens is 225 g/mol. The summed E-state index contributed by atoms with van der Waals surface area (Å²) in [6.45, 7) is 7.86. The summed E-state index contributed by atoms with van der Waals surface area (Å²) in [6.07, 6.45) is -0.0463. The molecule has 16 heavy (non-hydrogen) atoms. The summed E-state index contributed by atoms with van der Waals surface area (Å²) in [5, 5.41) is 0.402. The highest BCUT2D eigenvalue weighted by atomic mass is 32.2. The van der Waals surface area contributed by atoms with Gasteiger partial charge in [0.05, 0.1) is 6.10 Å². The topological polar surface area (TPSA) is 35.2 Å².